The third-order valence-electron chi connectivity index (χ3n) is 4.39. The van der Waals surface area contributed by atoms with Crippen molar-refractivity contribution < 1.29 is 19.6 Å². The SMILES string of the molecule is O=C(O)[C@@H]1[C@H](C(=O)Nc2ccc([N+](=O)[O-])cc2)[C@@H]2C=C[C@@H]1C2. The Bertz CT molecular complexity index is 667. The number of rotatable bonds is 4. The third-order valence-corrected chi connectivity index (χ3v) is 4.39. The molecule has 2 aliphatic rings. The number of carboxylic acid groups (broad SMARTS) is 1. The van der Waals surface area contributed by atoms with Crippen LogP contribution in [0.15, 0.2) is 36.4 Å². The van der Waals surface area contributed by atoms with Gasteiger partial charge in [0.05, 0.1) is 16.8 Å². The smallest absolute Gasteiger partial charge is 0.307 e. The van der Waals surface area contributed by atoms with Crippen molar-refractivity contribution in [3.8, 4) is 0 Å². The number of carbonyl (C=O) groups excluding carboxylic acids is 1. The van der Waals surface area contributed by atoms with Gasteiger partial charge in [-0.25, -0.2) is 0 Å². The molecule has 2 N–H and O–H groups in total. The number of benzene rings is 1. The van der Waals surface area contributed by atoms with Crippen LogP contribution in [0.4, 0.5) is 11.4 Å². The van der Waals surface area contributed by atoms with Crippen LogP contribution in [-0.4, -0.2) is 21.9 Å². The topological polar surface area (TPSA) is 110 Å². The number of nitro groups is 1. The van der Waals surface area contributed by atoms with Gasteiger partial charge in [0.1, 0.15) is 0 Å². The van der Waals surface area contributed by atoms with Crippen molar-refractivity contribution in [3.63, 3.8) is 0 Å². The summed E-state index contributed by atoms with van der Waals surface area (Å²) in [5, 5.41) is 22.6. The van der Waals surface area contributed by atoms with Gasteiger partial charge < -0.3 is 10.4 Å². The minimum absolute atomic E-state index is 0.0517. The number of nitrogens with one attached hydrogen (secondary N) is 1. The van der Waals surface area contributed by atoms with E-state index in [9.17, 15) is 24.8 Å². The fourth-order valence-corrected chi connectivity index (χ4v) is 3.41. The highest BCUT2D eigenvalue weighted by molar-refractivity contribution is 5.96. The summed E-state index contributed by atoms with van der Waals surface area (Å²) in [4.78, 5) is 33.9. The van der Waals surface area contributed by atoms with E-state index >= 15 is 0 Å². The number of non-ortho nitro benzene ring substituents is 1. The second-order valence-electron chi connectivity index (χ2n) is 5.63. The van der Waals surface area contributed by atoms with Gasteiger partial charge in [-0.15, -0.1) is 0 Å². The largest absolute Gasteiger partial charge is 0.481 e. The Balaban J connectivity index is 1.75. The van der Waals surface area contributed by atoms with E-state index in [-0.39, 0.29) is 23.4 Å². The van der Waals surface area contributed by atoms with Crippen molar-refractivity contribution in [1.29, 1.82) is 0 Å². The summed E-state index contributed by atoms with van der Waals surface area (Å²) in [5.41, 5.74) is 0.357. The summed E-state index contributed by atoms with van der Waals surface area (Å²) in [5.74, 6) is -2.74. The molecular weight excluding hydrogens is 288 g/mol. The molecule has 4 atom stereocenters. The first-order valence-corrected chi connectivity index (χ1v) is 6.94. The van der Waals surface area contributed by atoms with Gasteiger partial charge in [0.2, 0.25) is 5.91 Å². The second kappa shape index (κ2) is 5.25. The van der Waals surface area contributed by atoms with E-state index in [1.165, 1.54) is 24.3 Å². The summed E-state index contributed by atoms with van der Waals surface area (Å²) in [7, 11) is 0. The Morgan fingerprint density at radius 1 is 1.14 bits per heavy atom. The Morgan fingerprint density at radius 3 is 2.27 bits per heavy atom. The lowest BCUT2D eigenvalue weighted by molar-refractivity contribution is -0.384. The maximum absolute atomic E-state index is 12.4. The number of fused-ring (bicyclic) bond motifs is 2. The van der Waals surface area contributed by atoms with Crippen molar-refractivity contribution in [3.05, 3.63) is 46.5 Å². The lowest BCUT2D eigenvalue weighted by Crippen LogP contribution is -2.36. The van der Waals surface area contributed by atoms with Gasteiger partial charge in [-0.05, 0) is 30.4 Å². The number of anilines is 1. The molecular formula is C15H14N2O5. The Morgan fingerprint density at radius 2 is 1.73 bits per heavy atom. The molecule has 0 aliphatic heterocycles. The predicted molar refractivity (Wildman–Crippen MR) is 77.1 cm³/mol. The second-order valence-corrected chi connectivity index (χ2v) is 5.63. The van der Waals surface area contributed by atoms with E-state index in [4.69, 9.17) is 0 Å². The van der Waals surface area contributed by atoms with Crippen molar-refractivity contribution in [2.24, 2.45) is 23.7 Å². The first kappa shape index (κ1) is 14.2. The van der Waals surface area contributed by atoms with E-state index in [1.54, 1.807) is 0 Å². The number of carboxylic acids is 1. The zero-order chi connectivity index (χ0) is 15.9. The highest BCUT2D eigenvalue weighted by Crippen LogP contribution is 2.48. The highest BCUT2D eigenvalue weighted by atomic mass is 16.6. The number of hydrogen-bond acceptors (Lipinski definition) is 4. The van der Waals surface area contributed by atoms with Crippen molar-refractivity contribution in [2.45, 2.75) is 6.42 Å². The maximum Gasteiger partial charge on any atom is 0.307 e. The van der Waals surface area contributed by atoms with Crippen LogP contribution in [0.25, 0.3) is 0 Å². The van der Waals surface area contributed by atoms with Crippen LogP contribution in [-0.2, 0) is 9.59 Å². The van der Waals surface area contributed by atoms with Crippen LogP contribution in [0.3, 0.4) is 0 Å². The maximum atomic E-state index is 12.4. The summed E-state index contributed by atoms with van der Waals surface area (Å²) in [6, 6.07) is 5.47. The van der Waals surface area contributed by atoms with Crippen LogP contribution >= 0.6 is 0 Å². The first-order chi connectivity index (χ1) is 10.5. The number of amides is 1. The summed E-state index contributed by atoms with van der Waals surface area (Å²) in [6.45, 7) is 0. The van der Waals surface area contributed by atoms with Gasteiger partial charge in [0, 0.05) is 17.8 Å². The number of aliphatic carboxylic acids is 1. The summed E-state index contributed by atoms with van der Waals surface area (Å²) in [6.07, 6.45) is 4.47. The molecule has 114 valence electrons. The standard InChI is InChI=1S/C15H14N2O5/c18-14(16-10-3-5-11(6-4-10)17(21)22)12-8-1-2-9(7-8)13(12)15(19)20/h1-6,8-9,12-13H,7H2,(H,16,18)(H,19,20)/t8-,9-,12-,13+/m1/s1. The van der Waals surface area contributed by atoms with Gasteiger partial charge in [-0.2, -0.15) is 0 Å². The normalized spacial score (nSPS) is 28.5. The molecule has 2 aliphatic carbocycles. The molecule has 0 saturated heterocycles. The molecule has 0 aromatic heterocycles. The van der Waals surface area contributed by atoms with Crippen LogP contribution in [0.1, 0.15) is 6.42 Å². The molecule has 0 spiro atoms. The van der Waals surface area contributed by atoms with Gasteiger partial charge in [-0.1, -0.05) is 12.2 Å². The van der Waals surface area contributed by atoms with Crippen LogP contribution in [0.2, 0.25) is 0 Å². The molecule has 0 unspecified atom stereocenters. The van der Waals surface area contributed by atoms with Gasteiger partial charge in [0.15, 0.2) is 0 Å². The highest BCUT2D eigenvalue weighted by Gasteiger charge is 2.51. The number of nitro benzene ring substituents is 1. The fraction of sp³-hybridized carbons (Fsp3) is 0.333. The quantitative estimate of drug-likeness (QED) is 0.502. The minimum atomic E-state index is -0.958. The molecule has 1 saturated carbocycles. The predicted octanol–water partition coefficient (Wildman–Crippen LogP) is 2.06. The first-order valence-electron chi connectivity index (χ1n) is 6.94. The molecule has 1 aromatic rings. The summed E-state index contributed by atoms with van der Waals surface area (Å²) < 4.78 is 0. The number of carbonyl (C=O) groups is 2. The van der Waals surface area contributed by atoms with E-state index in [1.807, 2.05) is 12.2 Å². The Labute approximate surface area is 125 Å². The zero-order valence-corrected chi connectivity index (χ0v) is 11.5. The van der Waals surface area contributed by atoms with Crippen molar-refractivity contribution >= 4 is 23.3 Å². The molecule has 7 heteroatoms. The van der Waals surface area contributed by atoms with E-state index in [0.717, 1.165) is 0 Å². The van der Waals surface area contributed by atoms with Crippen LogP contribution < -0.4 is 5.32 Å². The molecule has 7 nitrogen and oxygen atoms in total. The molecule has 1 aromatic carbocycles. The van der Waals surface area contributed by atoms with Gasteiger partial charge >= 0.3 is 5.97 Å². The monoisotopic (exact) mass is 302 g/mol. The van der Waals surface area contributed by atoms with E-state index in [0.29, 0.717) is 12.1 Å². The van der Waals surface area contributed by atoms with Crippen molar-refractivity contribution in [2.75, 3.05) is 5.32 Å². The third kappa shape index (κ3) is 2.34. The molecule has 2 bridgehead atoms. The summed E-state index contributed by atoms with van der Waals surface area (Å²) >= 11 is 0. The van der Waals surface area contributed by atoms with E-state index < -0.39 is 22.7 Å². The molecule has 22 heavy (non-hydrogen) atoms. The lowest BCUT2D eigenvalue weighted by atomic mass is 9.82. The average molecular weight is 302 g/mol. The fourth-order valence-electron chi connectivity index (χ4n) is 3.41. The number of allylic oxidation sites excluding steroid dienone is 2. The molecule has 1 fully saturated rings. The van der Waals surface area contributed by atoms with Gasteiger partial charge in [0.25, 0.3) is 5.69 Å². The lowest BCUT2D eigenvalue weighted by Gasteiger charge is -2.23. The van der Waals surface area contributed by atoms with Gasteiger partial charge in [-0.3, -0.25) is 19.7 Å². The minimum Gasteiger partial charge on any atom is -0.481 e. The zero-order valence-electron chi connectivity index (χ0n) is 11.5. The molecule has 1 amide bonds. The average Bonchev–Trinajstić information content (AvgIpc) is 3.08. The molecule has 0 radical (unpaired) electrons. The van der Waals surface area contributed by atoms with E-state index in [2.05, 4.69) is 5.32 Å². The number of nitrogens with zero attached hydrogens (tertiary/aromatic N) is 1. The van der Waals surface area contributed by atoms with Crippen molar-refractivity contribution in [1.82, 2.24) is 0 Å². The van der Waals surface area contributed by atoms with Crippen LogP contribution in [0.5, 0.6) is 0 Å². The Hall–Kier alpha value is -2.70. The molecule has 0 heterocycles. The van der Waals surface area contributed by atoms with Crippen LogP contribution in [0, 0.1) is 33.8 Å². The Kier molecular flexibility index (Phi) is 3.40. The number of hydrogen-bond donors (Lipinski definition) is 2. The molecule has 3 rings (SSSR count).